The van der Waals surface area contributed by atoms with Crippen LogP contribution in [0.3, 0.4) is 0 Å². The first-order valence-corrected chi connectivity index (χ1v) is 2.54. The van der Waals surface area contributed by atoms with E-state index in [0.29, 0.717) is 0 Å². The number of aromatic nitrogens is 2. The molecule has 3 radical (unpaired) electrons. The highest BCUT2D eigenvalue weighted by molar-refractivity contribution is 5.75. The van der Waals surface area contributed by atoms with Gasteiger partial charge >= 0.3 is 0 Å². The molecule has 9 heavy (non-hydrogen) atoms. The molecule has 1 heterocycles. The van der Waals surface area contributed by atoms with Gasteiger partial charge in [-0.1, -0.05) is 0 Å². The van der Waals surface area contributed by atoms with Gasteiger partial charge in [-0.2, -0.15) is 0 Å². The summed E-state index contributed by atoms with van der Waals surface area (Å²) in [4.78, 5) is 7.94. The maximum absolute atomic E-state index is 3.97. The summed E-state index contributed by atoms with van der Waals surface area (Å²) in [5.74, 6) is 0.829. The highest BCUT2D eigenvalue weighted by atomic mass is 14.8. The fourth-order valence-electron chi connectivity index (χ4n) is 0.457. The molecule has 0 aliphatic carbocycles. The SMILES string of the molecule is Cc1cnc(C)nc1.[B]. The molecule has 0 saturated heterocycles. The Balaban J connectivity index is 0.000000640. The minimum atomic E-state index is 0. The van der Waals surface area contributed by atoms with Gasteiger partial charge in [-0.05, 0) is 19.4 Å². The molecule has 1 aromatic rings. The third-order valence-electron chi connectivity index (χ3n) is 0.910. The van der Waals surface area contributed by atoms with E-state index in [1.807, 2.05) is 26.2 Å². The summed E-state index contributed by atoms with van der Waals surface area (Å²) < 4.78 is 0. The lowest BCUT2D eigenvalue weighted by atomic mass is 10.4. The van der Waals surface area contributed by atoms with Crippen molar-refractivity contribution >= 4 is 8.41 Å². The van der Waals surface area contributed by atoms with Crippen molar-refractivity contribution < 1.29 is 0 Å². The van der Waals surface area contributed by atoms with E-state index in [0.717, 1.165) is 11.4 Å². The first kappa shape index (κ1) is 8.14. The van der Waals surface area contributed by atoms with Gasteiger partial charge in [0.1, 0.15) is 5.82 Å². The average Bonchev–Trinajstić information content (AvgIpc) is 1.77. The van der Waals surface area contributed by atoms with E-state index in [-0.39, 0.29) is 8.41 Å². The summed E-state index contributed by atoms with van der Waals surface area (Å²) in [5.41, 5.74) is 1.11. The van der Waals surface area contributed by atoms with Gasteiger partial charge in [0.25, 0.3) is 0 Å². The lowest BCUT2D eigenvalue weighted by Crippen LogP contribution is -1.84. The molecule has 2 nitrogen and oxygen atoms in total. The van der Waals surface area contributed by atoms with Crippen molar-refractivity contribution in [3.05, 3.63) is 23.8 Å². The van der Waals surface area contributed by atoms with Crippen molar-refractivity contribution in [2.75, 3.05) is 0 Å². The molecule has 0 saturated carbocycles. The zero-order valence-corrected chi connectivity index (χ0v) is 5.63. The van der Waals surface area contributed by atoms with Crippen LogP contribution in [-0.2, 0) is 0 Å². The van der Waals surface area contributed by atoms with Gasteiger partial charge in [0, 0.05) is 20.8 Å². The van der Waals surface area contributed by atoms with Crippen molar-refractivity contribution in [3.8, 4) is 0 Å². The molecule has 0 fully saturated rings. The van der Waals surface area contributed by atoms with Crippen LogP contribution in [0.2, 0.25) is 0 Å². The number of aryl methyl sites for hydroxylation is 2. The number of rotatable bonds is 0. The predicted molar refractivity (Wildman–Crippen MR) is 37.3 cm³/mol. The van der Waals surface area contributed by atoms with E-state index >= 15 is 0 Å². The lowest BCUT2D eigenvalue weighted by molar-refractivity contribution is 1.03. The van der Waals surface area contributed by atoms with Crippen molar-refractivity contribution in [3.63, 3.8) is 0 Å². The van der Waals surface area contributed by atoms with Crippen molar-refractivity contribution in [2.24, 2.45) is 0 Å². The molecule has 0 unspecified atom stereocenters. The Morgan fingerprint density at radius 3 is 1.89 bits per heavy atom. The van der Waals surface area contributed by atoms with Crippen LogP contribution >= 0.6 is 0 Å². The molecule has 0 amide bonds. The molecule has 1 rings (SSSR count). The van der Waals surface area contributed by atoms with Gasteiger partial charge in [-0.25, -0.2) is 9.97 Å². The maximum Gasteiger partial charge on any atom is 0.125 e. The Kier molecular flexibility index (Phi) is 2.92. The van der Waals surface area contributed by atoms with Gasteiger partial charge in [0.2, 0.25) is 0 Å². The second-order valence-corrected chi connectivity index (χ2v) is 1.81. The van der Waals surface area contributed by atoms with Gasteiger partial charge < -0.3 is 0 Å². The number of nitrogens with zero attached hydrogens (tertiary/aromatic N) is 2. The summed E-state index contributed by atoms with van der Waals surface area (Å²) >= 11 is 0. The van der Waals surface area contributed by atoms with E-state index in [1.54, 1.807) is 0 Å². The zero-order valence-electron chi connectivity index (χ0n) is 5.63. The normalized spacial score (nSPS) is 8.22. The van der Waals surface area contributed by atoms with E-state index in [9.17, 15) is 0 Å². The Morgan fingerprint density at radius 1 is 1.11 bits per heavy atom. The molecule has 45 valence electrons. The Labute approximate surface area is 56.9 Å². The van der Waals surface area contributed by atoms with Gasteiger partial charge in [0.05, 0.1) is 0 Å². The predicted octanol–water partition coefficient (Wildman–Crippen LogP) is 0.713. The summed E-state index contributed by atoms with van der Waals surface area (Å²) in [6.45, 7) is 3.85. The van der Waals surface area contributed by atoms with Crippen LogP contribution < -0.4 is 0 Å². The lowest BCUT2D eigenvalue weighted by Gasteiger charge is -1.88. The van der Waals surface area contributed by atoms with Crippen LogP contribution in [-0.4, -0.2) is 18.4 Å². The van der Waals surface area contributed by atoms with Crippen molar-refractivity contribution in [1.29, 1.82) is 0 Å². The smallest absolute Gasteiger partial charge is 0.125 e. The van der Waals surface area contributed by atoms with Crippen LogP contribution in [0.1, 0.15) is 11.4 Å². The molecule has 0 aliphatic heterocycles. The molecule has 0 aliphatic rings. The highest BCUT2D eigenvalue weighted by Gasteiger charge is 1.82. The van der Waals surface area contributed by atoms with Crippen LogP contribution in [0, 0.1) is 13.8 Å². The van der Waals surface area contributed by atoms with Gasteiger partial charge in [-0.3, -0.25) is 0 Å². The molecule has 0 atom stereocenters. The second kappa shape index (κ2) is 3.23. The largest absolute Gasteiger partial charge is 0.241 e. The average molecular weight is 119 g/mol. The number of hydrogen-bond donors (Lipinski definition) is 0. The van der Waals surface area contributed by atoms with E-state index in [4.69, 9.17) is 0 Å². The summed E-state index contributed by atoms with van der Waals surface area (Å²) in [5, 5.41) is 0. The quantitative estimate of drug-likeness (QED) is 0.470. The van der Waals surface area contributed by atoms with Crippen molar-refractivity contribution in [1.82, 2.24) is 9.97 Å². The van der Waals surface area contributed by atoms with Crippen LogP contribution in [0.4, 0.5) is 0 Å². The first-order valence-electron chi connectivity index (χ1n) is 2.54. The molecule has 0 N–H and O–H groups in total. The Hall–Kier alpha value is -0.855. The molecular weight excluding hydrogens is 111 g/mol. The zero-order chi connectivity index (χ0) is 5.98. The molecule has 1 aromatic heterocycles. The minimum Gasteiger partial charge on any atom is -0.241 e. The van der Waals surface area contributed by atoms with Crippen LogP contribution in [0.15, 0.2) is 12.4 Å². The molecule has 0 spiro atoms. The van der Waals surface area contributed by atoms with Crippen molar-refractivity contribution in [2.45, 2.75) is 13.8 Å². The van der Waals surface area contributed by atoms with E-state index in [1.165, 1.54) is 0 Å². The molecule has 0 bridgehead atoms. The van der Waals surface area contributed by atoms with Gasteiger partial charge in [0.15, 0.2) is 0 Å². The standard InChI is InChI=1S/C6H8N2.B/c1-5-3-7-6(2)8-4-5;/h3-4H,1-2H3;. The Bertz CT molecular complexity index is 150. The van der Waals surface area contributed by atoms with Crippen LogP contribution in [0.25, 0.3) is 0 Å². The monoisotopic (exact) mass is 119 g/mol. The third-order valence-corrected chi connectivity index (χ3v) is 0.910. The topological polar surface area (TPSA) is 25.8 Å². The fraction of sp³-hybridized carbons (Fsp3) is 0.333. The van der Waals surface area contributed by atoms with Gasteiger partial charge in [-0.15, -0.1) is 0 Å². The number of hydrogen-bond acceptors (Lipinski definition) is 2. The summed E-state index contributed by atoms with van der Waals surface area (Å²) in [6, 6.07) is 0. The molecule has 3 heteroatoms. The maximum atomic E-state index is 3.97. The summed E-state index contributed by atoms with van der Waals surface area (Å²) in [6.07, 6.45) is 3.62. The van der Waals surface area contributed by atoms with Crippen LogP contribution in [0.5, 0.6) is 0 Å². The minimum absolute atomic E-state index is 0. The second-order valence-electron chi connectivity index (χ2n) is 1.81. The first-order chi connectivity index (χ1) is 3.79. The molecular formula is C6H8BN2. The fourth-order valence-corrected chi connectivity index (χ4v) is 0.457. The highest BCUT2D eigenvalue weighted by Crippen LogP contribution is 1.89. The molecule has 0 aromatic carbocycles. The summed E-state index contributed by atoms with van der Waals surface area (Å²) in [7, 11) is 0. The third kappa shape index (κ3) is 2.26. The van der Waals surface area contributed by atoms with E-state index < -0.39 is 0 Å². The van der Waals surface area contributed by atoms with E-state index in [2.05, 4.69) is 9.97 Å². The Morgan fingerprint density at radius 2 is 1.56 bits per heavy atom.